The van der Waals surface area contributed by atoms with Gasteiger partial charge in [0.05, 0.1) is 5.75 Å². The van der Waals surface area contributed by atoms with E-state index >= 15 is 0 Å². The van der Waals surface area contributed by atoms with Gasteiger partial charge in [-0.1, -0.05) is 18.2 Å². The van der Waals surface area contributed by atoms with Gasteiger partial charge in [0.1, 0.15) is 0 Å². The van der Waals surface area contributed by atoms with Gasteiger partial charge in [0.15, 0.2) is 0 Å². The summed E-state index contributed by atoms with van der Waals surface area (Å²) in [4.78, 5) is 14.8. The van der Waals surface area contributed by atoms with Gasteiger partial charge in [-0.3, -0.25) is 4.79 Å². The third-order valence-corrected chi connectivity index (χ3v) is 3.68. The molecule has 1 unspecified atom stereocenters. The van der Waals surface area contributed by atoms with Gasteiger partial charge < -0.3 is 10.6 Å². The number of nitrogens with two attached hydrogens (primary N) is 1. The molecule has 1 aromatic carbocycles. The van der Waals surface area contributed by atoms with Crippen LogP contribution in [0.25, 0.3) is 0 Å². The van der Waals surface area contributed by atoms with Crippen molar-refractivity contribution in [3.63, 3.8) is 0 Å². The number of carbonyl (C=O) groups is 1. The molecule has 0 aromatic heterocycles. The fourth-order valence-corrected chi connectivity index (χ4v) is 2.59. The van der Waals surface area contributed by atoms with E-state index in [0.717, 1.165) is 17.9 Å². The van der Waals surface area contributed by atoms with Gasteiger partial charge in [-0.05, 0) is 18.6 Å². The van der Waals surface area contributed by atoms with Crippen LogP contribution in [0.2, 0.25) is 0 Å². The van der Waals surface area contributed by atoms with Gasteiger partial charge in [0.25, 0.3) is 0 Å². The van der Waals surface area contributed by atoms with Crippen molar-refractivity contribution in [3.05, 3.63) is 30.3 Å². The molecule has 1 aliphatic heterocycles. The van der Waals surface area contributed by atoms with E-state index in [0.29, 0.717) is 12.3 Å². The van der Waals surface area contributed by atoms with E-state index in [1.807, 2.05) is 35.2 Å². The highest BCUT2D eigenvalue weighted by atomic mass is 32.2. The number of rotatable bonds is 3. The Morgan fingerprint density at radius 1 is 1.44 bits per heavy atom. The smallest absolute Gasteiger partial charge is 0.232 e. The van der Waals surface area contributed by atoms with Crippen LogP contribution in [-0.4, -0.2) is 35.7 Å². The molecule has 86 valence electrons. The second-order valence-corrected chi connectivity index (χ2v) is 5.04. The number of nitrogens with zero attached hydrogens (tertiary/aromatic N) is 1. The van der Waals surface area contributed by atoms with Crippen LogP contribution in [0, 0.1) is 0 Å². The average molecular weight is 236 g/mol. The molecule has 1 amide bonds. The summed E-state index contributed by atoms with van der Waals surface area (Å²) in [6, 6.07) is 10.2. The molecular weight excluding hydrogens is 220 g/mol. The first kappa shape index (κ1) is 11.5. The Morgan fingerprint density at radius 3 is 2.81 bits per heavy atom. The van der Waals surface area contributed by atoms with Crippen molar-refractivity contribution in [2.24, 2.45) is 5.73 Å². The zero-order valence-electron chi connectivity index (χ0n) is 9.13. The van der Waals surface area contributed by atoms with Crippen molar-refractivity contribution in [1.82, 2.24) is 4.90 Å². The van der Waals surface area contributed by atoms with Gasteiger partial charge >= 0.3 is 0 Å². The fraction of sp³-hybridized carbons (Fsp3) is 0.417. The fourth-order valence-electron chi connectivity index (χ4n) is 1.77. The maximum Gasteiger partial charge on any atom is 0.232 e. The average Bonchev–Trinajstić information content (AvgIpc) is 2.74. The lowest BCUT2D eigenvalue weighted by molar-refractivity contribution is -0.127. The van der Waals surface area contributed by atoms with Crippen LogP contribution in [0.1, 0.15) is 6.42 Å². The molecule has 1 aromatic rings. The van der Waals surface area contributed by atoms with E-state index < -0.39 is 0 Å². The zero-order chi connectivity index (χ0) is 11.4. The quantitative estimate of drug-likeness (QED) is 0.806. The molecule has 3 nitrogen and oxygen atoms in total. The molecule has 1 fully saturated rings. The Morgan fingerprint density at radius 2 is 2.19 bits per heavy atom. The molecule has 0 saturated carbocycles. The third-order valence-electron chi connectivity index (χ3n) is 2.68. The zero-order valence-corrected chi connectivity index (χ0v) is 9.95. The number of hydrogen-bond acceptors (Lipinski definition) is 3. The Hall–Kier alpha value is -1.00. The predicted octanol–water partition coefficient (Wildman–Crippen LogP) is 1.34. The highest BCUT2D eigenvalue weighted by molar-refractivity contribution is 8.00. The molecule has 0 radical (unpaired) electrons. The molecule has 2 rings (SSSR count). The molecule has 1 saturated heterocycles. The van der Waals surface area contributed by atoms with Crippen molar-refractivity contribution < 1.29 is 4.79 Å². The SMILES string of the molecule is NC1CCN(C(=O)CSc2ccccc2)C1. The first-order valence-corrected chi connectivity index (χ1v) is 6.45. The highest BCUT2D eigenvalue weighted by Crippen LogP contribution is 2.18. The van der Waals surface area contributed by atoms with Crippen molar-refractivity contribution in [2.45, 2.75) is 17.4 Å². The monoisotopic (exact) mass is 236 g/mol. The summed E-state index contributed by atoms with van der Waals surface area (Å²) < 4.78 is 0. The van der Waals surface area contributed by atoms with Gasteiger partial charge in [0, 0.05) is 24.0 Å². The number of amides is 1. The van der Waals surface area contributed by atoms with Crippen molar-refractivity contribution in [3.8, 4) is 0 Å². The summed E-state index contributed by atoms with van der Waals surface area (Å²) in [5.41, 5.74) is 5.77. The molecule has 1 aliphatic rings. The third kappa shape index (κ3) is 3.00. The molecule has 0 bridgehead atoms. The van der Waals surface area contributed by atoms with Gasteiger partial charge in [-0.25, -0.2) is 0 Å². The maximum atomic E-state index is 11.8. The van der Waals surface area contributed by atoms with Gasteiger partial charge in [-0.15, -0.1) is 11.8 Å². The normalized spacial score (nSPS) is 20.1. The molecule has 1 heterocycles. The van der Waals surface area contributed by atoms with Crippen LogP contribution < -0.4 is 5.73 Å². The minimum absolute atomic E-state index is 0.172. The summed E-state index contributed by atoms with van der Waals surface area (Å²) in [5.74, 6) is 0.707. The minimum atomic E-state index is 0.172. The maximum absolute atomic E-state index is 11.8. The molecule has 4 heteroatoms. The van der Waals surface area contributed by atoms with Crippen molar-refractivity contribution in [1.29, 1.82) is 0 Å². The Labute approximate surface area is 100.0 Å². The van der Waals surface area contributed by atoms with E-state index in [9.17, 15) is 4.79 Å². The largest absolute Gasteiger partial charge is 0.340 e. The Bertz CT molecular complexity index is 355. The lowest BCUT2D eigenvalue weighted by Gasteiger charge is -2.15. The number of thioether (sulfide) groups is 1. The first-order valence-electron chi connectivity index (χ1n) is 5.47. The predicted molar refractivity (Wildman–Crippen MR) is 66.3 cm³/mol. The summed E-state index contributed by atoms with van der Waals surface area (Å²) in [7, 11) is 0. The molecule has 0 spiro atoms. The number of likely N-dealkylation sites (tertiary alicyclic amines) is 1. The van der Waals surface area contributed by atoms with Crippen molar-refractivity contribution in [2.75, 3.05) is 18.8 Å². The lowest BCUT2D eigenvalue weighted by Crippen LogP contribution is -2.33. The summed E-state index contributed by atoms with van der Waals surface area (Å²) in [5, 5.41) is 0. The molecule has 0 aliphatic carbocycles. The van der Waals surface area contributed by atoms with Gasteiger partial charge in [-0.2, -0.15) is 0 Å². The minimum Gasteiger partial charge on any atom is -0.340 e. The van der Waals surface area contributed by atoms with E-state index in [2.05, 4.69) is 0 Å². The van der Waals surface area contributed by atoms with Crippen molar-refractivity contribution >= 4 is 17.7 Å². The molecule has 16 heavy (non-hydrogen) atoms. The van der Waals surface area contributed by atoms with Crippen LogP contribution in [0.4, 0.5) is 0 Å². The lowest BCUT2D eigenvalue weighted by atomic mass is 10.3. The van der Waals surface area contributed by atoms with E-state index in [-0.39, 0.29) is 11.9 Å². The number of hydrogen-bond donors (Lipinski definition) is 1. The second-order valence-electron chi connectivity index (χ2n) is 3.99. The summed E-state index contributed by atoms with van der Waals surface area (Å²) >= 11 is 1.58. The molecular formula is C12H16N2OS. The Kier molecular flexibility index (Phi) is 3.85. The van der Waals surface area contributed by atoms with Crippen LogP contribution in [0.15, 0.2) is 35.2 Å². The standard InChI is InChI=1S/C12H16N2OS/c13-10-6-7-14(8-10)12(15)9-16-11-4-2-1-3-5-11/h1-5,10H,6-9,13H2. The van der Waals surface area contributed by atoms with Crippen LogP contribution >= 0.6 is 11.8 Å². The number of carbonyl (C=O) groups excluding carboxylic acids is 1. The summed E-state index contributed by atoms with van der Waals surface area (Å²) in [6.45, 7) is 1.53. The molecule has 1 atom stereocenters. The molecule has 2 N–H and O–H groups in total. The number of benzene rings is 1. The second kappa shape index (κ2) is 5.37. The Balaban J connectivity index is 1.80. The van der Waals surface area contributed by atoms with E-state index in [1.165, 1.54) is 0 Å². The first-order chi connectivity index (χ1) is 7.75. The van der Waals surface area contributed by atoms with E-state index in [1.54, 1.807) is 11.8 Å². The van der Waals surface area contributed by atoms with Crippen LogP contribution in [0.3, 0.4) is 0 Å². The summed E-state index contributed by atoms with van der Waals surface area (Å²) in [6.07, 6.45) is 0.932. The van der Waals surface area contributed by atoms with Gasteiger partial charge in [0.2, 0.25) is 5.91 Å². The van der Waals surface area contributed by atoms with Crippen LogP contribution in [-0.2, 0) is 4.79 Å². The van der Waals surface area contributed by atoms with Crippen LogP contribution in [0.5, 0.6) is 0 Å². The topological polar surface area (TPSA) is 46.3 Å². The highest BCUT2D eigenvalue weighted by Gasteiger charge is 2.23. The van der Waals surface area contributed by atoms with E-state index in [4.69, 9.17) is 5.73 Å².